The summed E-state index contributed by atoms with van der Waals surface area (Å²) in [4.78, 5) is 15.2. The fourth-order valence-electron chi connectivity index (χ4n) is 8.15. The van der Waals surface area contributed by atoms with Gasteiger partial charge in [-0.3, -0.25) is 0 Å². The highest BCUT2D eigenvalue weighted by Crippen LogP contribution is 2.51. The van der Waals surface area contributed by atoms with E-state index in [-0.39, 0.29) is 5.41 Å². The number of benzene rings is 7. The first-order valence-corrected chi connectivity index (χ1v) is 18.2. The van der Waals surface area contributed by atoms with Crippen LogP contribution >= 0.6 is 0 Å². The highest BCUT2D eigenvalue weighted by Gasteiger charge is 2.36. The fraction of sp³-hybridized carbons (Fsp3) is 0.0612. The van der Waals surface area contributed by atoms with Crippen LogP contribution in [0, 0.1) is 11.3 Å². The van der Waals surface area contributed by atoms with Crippen molar-refractivity contribution < 1.29 is 0 Å². The zero-order chi connectivity index (χ0) is 36.4. The van der Waals surface area contributed by atoms with E-state index < -0.39 is 0 Å². The second kappa shape index (κ2) is 12.2. The van der Waals surface area contributed by atoms with Crippen molar-refractivity contribution in [2.24, 2.45) is 0 Å². The van der Waals surface area contributed by atoms with Gasteiger partial charge in [0.25, 0.3) is 0 Å². The first-order chi connectivity index (χ1) is 26.5. The molecule has 0 bridgehead atoms. The molecule has 7 aromatic carbocycles. The van der Waals surface area contributed by atoms with Crippen LogP contribution in [0.25, 0.3) is 83.9 Å². The van der Waals surface area contributed by atoms with E-state index in [2.05, 4.69) is 103 Å². The summed E-state index contributed by atoms with van der Waals surface area (Å²) in [5.41, 5.74) is 13.7. The molecular weight excluding hydrogens is 659 g/mol. The third kappa shape index (κ3) is 5.03. The van der Waals surface area contributed by atoms with Crippen molar-refractivity contribution in [2.75, 3.05) is 0 Å². The molecule has 2 aromatic heterocycles. The summed E-state index contributed by atoms with van der Waals surface area (Å²) in [7, 11) is 0. The molecule has 254 valence electrons. The molecule has 2 heterocycles. The van der Waals surface area contributed by atoms with Gasteiger partial charge in [-0.2, -0.15) is 5.26 Å². The van der Waals surface area contributed by atoms with E-state index in [0.29, 0.717) is 23.0 Å². The molecule has 0 aliphatic heterocycles. The van der Waals surface area contributed by atoms with Gasteiger partial charge in [0, 0.05) is 38.6 Å². The lowest BCUT2D eigenvalue weighted by molar-refractivity contribution is 0.661. The highest BCUT2D eigenvalue weighted by atomic mass is 15.0. The summed E-state index contributed by atoms with van der Waals surface area (Å²) in [6.45, 7) is 4.66. The topological polar surface area (TPSA) is 67.4 Å². The van der Waals surface area contributed by atoms with Crippen molar-refractivity contribution in [1.29, 1.82) is 5.26 Å². The molecule has 9 aromatic rings. The van der Waals surface area contributed by atoms with Crippen LogP contribution in [0.2, 0.25) is 0 Å². The van der Waals surface area contributed by atoms with E-state index in [1.54, 1.807) is 0 Å². The SMILES string of the molecule is CC1(C)c2ccccc2-c2cc3c(cc21)c1ccccc1n3-c1cc(-c2ccc(C#N)cc2)cc(-c2nc(-c3ccccc3)nc(-c3ccccc3)n2)c1. The molecule has 54 heavy (non-hydrogen) atoms. The second-order valence-electron chi connectivity index (χ2n) is 14.4. The van der Waals surface area contributed by atoms with Gasteiger partial charge in [-0.25, -0.2) is 15.0 Å². The van der Waals surface area contributed by atoms with E-state index in [4.69, 9.17) is 15.0 Å². The molecule has 0 amide bonds. The Morgan fingerprint density at radius 2 is 1.06 bits per heavy atom. The standard InChI is InChI=1S/C49H33N5/c1-49(2)42-19-11-9-17-38(42)40-29-45-41(28-43(40)49)39-18-10-12-20-44(39)54(45)37-26-35(32-23-21-31(30-50)22-24-32)25-36(27-37)48-52-46(33-13-5-3-6-14-33)51-47(53-48)34-15-7-4-8-16-34/h3-29H,1-2H3. The maximum absolute atomic E-state index is 9.59. The summed E-state index contributed by atoms with van der Waals surface area (Å²) in [6.07, 6.45) is 0. The Hall–Kier alpha value is -7.16. The Kier molecular flexibility index (Phi) is 7.14. The number of hydrogen-bond acceptors (Lipinski definition) is 4. The van der Waals surface area contributed by atoms with Crippen LogP contribution in [0.4, 0.5) is 0 Å². The molecule has 0 spiro atoms. The van der Waals surface area contributed by atoms with E-state index in [0.717, 1.165) is 44.5 Å². The van der Waals surface area contributed by atoms with Gasteiger partial charge in [-0.1, -0.05) is 129 Å². The van der Waals surface area contributed by atoms with Gasteiger partial charge in [0.1, 0.15) is 0 Å². The lowest BCUT2D eigenvalue weighted by Gasteiger charge is -2.21. The molecule has 0 unspecified atom stereocenters. The lowest BCUT2D eigenvalue weighted by Crippen LogP contribution is -2.14. The molecular formula is C49H33N5. The fourth-order valence-corrected chi connectivity index (χ4v) is 8.15. The van der Waals surface area contributed by atoms with Gasteiger partial charge >= 0.3 is 0 Å². The summed E-state index contributed by atoms with van der Waals surface area (Å²) >= 11 is 0. The minimum Gasteiger partial charge on any atom is -0.309 e. The quantitative estimate of drug-likeness (QED) is 0.180. The van der Waals surface area contributed by atoms with Crippen LogP contribution in [-0.2, 0) is 5.41 Å². The Morgan fingerprint density at radius 3 is 1.74 bits per heavy atom. The van der Waals surface area contributed by atoms with Crippen LogP contribution < -0.4 is 0 Å². The van der Waals surface area contributed by atoms with E-state index in [9.17, 15) is 5.26 Å². The molecule has 5 nitrogen and oxygen atoms in total. The number of hydrogen-bond donors (Lipinski definition) is 0. The average molecular weight is 692 g/mol. The maximum atomic E-state index is 9.59. The number of nitrogens with zero attached hydrogens (tertiary/aromatic N) is 5. The summed E-state index contributed by atoms with van der Waals surface area (Å²) in [5, 5.41) is 12.0. The largest absolute Gasteiger partial charge is 0.309 e. The Labute approximate surface area is 313 Å². The van der Waals surface area contributed by atoms with Crippen molar-refractivity contribution in [3.8, 4) is 68.2 Å². The third-order valence-corrected chi connectivity index (χ3v) is 10.9. The van der Waals surface area contributed by atoms with Crippen molar-refractivity contribution >= 4 is 21.8 Å². The molecule has 0 atom stereocenters. The average Bonchev–Trinajstić information content (AvgIpc) is 3.68. The molecule has 1 aliphatic carbocycles. The Bertz CT molecular complexity index is 2890. The van der Waals surface area contributed by atoms with Gasteiger partial charge < -0.3 is 4.57 Å². The van der Waals surface area contributed by atoms with Crippen LogP contribution in [-0.4, -0.2) is 19.5 Å². The Balaban J connectivity index is 1.26. The number of fused-ring (bicyclic) bond motifs is 6. The number of nitriles is 1. The van der Waals surface area contributed by atoms with Gasteiger partial charge in [0.2, 0.25) is 0 Å². The summed E-state index contributed by atoms with van der Waals surface area (Å²) < 4.78 is 2.38. The number of para-hydroxylation sites is 1. The van der Waals surface area contributed by atoms with Crippen molar-refractivity contribution in [3.05, 3.63) is 180 Å². The molecule has 10 rings (SSSR count). The minimum absolute atomic E-state index is 0.113. The van der Waals surface area contributed by atoms with E-state index in [1.165, 1.54) is 33.0 Å². The molecule has 0 N–H and O–H groups in total. The van der Waals surface area contributed by atoms with Gasteiger partial charge in [-0.15, -0.1) is 0 Å². The molecule has 0 radical (unpaired) electrons. The van der Waals surface area contributed by atoms with E-state index in [1.807, 2.05) is 84.9 Å². The third-order valence-electron chi connectivity index (χ3n) is 10.9. The van der Waals surface area contributed by atoms with Crippen LogP contribution in [0.5, 0.6) is 0 Å². The zero-order valence-corrected chi connectivity index (χ0v) is 29.8. The van der Waals surface area contributed by atoms with Crippen LogP contribution in [0.3, 0.4) is 0 Å². The minimum atomic E-state index is -0.113. The van der Waals surface area contributed by atoms with Gasteiger partial charge in [0.05, 0.1) is 22.7 Å². The monoisotopic (exact) mass is 691 g/mol. The predicted octanol–water partition coefficient (Wildman–Crippen LogP) is 11.8. The van der Waals surface area contributed by atoms with Crippen LogP contribution in [0.1, 0.15) is 30.5 Å². The van der Waals surface area contributed by atoms with Crippen molar-refractivity contribution in [3.63, 3.8) is 0 Å². The van der Waals surface area contributed by atoms with Crippen molar-refractivity contribution in [1.82, 2.24) is 19.5 Å². The van der Waals surface area contributed by atoms with Gasteiger partial charge in [-0.05, 0) is 81.9 Å². The number of aromatic nitrogens is 4. The lowest BCUT2D eigenvalue weighted by atomic mass is 9.82. The summed E-state index contributed by atoms with van der Waals surface area (Å²) in [6, 6.07) is 59.0. The molecule has 0 fully saturated rings. The highest BCUT2D eigenvalue weighted by molar-refractivity contribution is 6.11. The first kappa shape index (κ1) is 31.6. The Morgan fingerprint density at radius 1 is 0.463 bits per heavy atom. The van der Waals surface area contributed by atoms with E-state index >= 15 is 0 Å². The smallest absolute Gasteiger partial charge is 0.164 e. The zero-order valence-electron chi connectivity index (χ0n) is 29.8. The van der Waals surface area contributed by atoms with Crippen molar-refractivity contribution in [2.45, 2.75) is 19.3 Å². The molecule has 5 heteroatoms. The predicted molar refractivity (Wildman–Crippen MR) is 218 cm³/mol. The maximum Gasteiger partial charge on any atom is 0.164 e. The summed E-state index contributed by atoms with van der Waals surface area (Å²) in [5.74, 6) is 1.80. The molecule has 0 saturated carbocycles. The first-order valence-electron chi connectivity index (χ1n) is 18.2. The number of rotatable bonds is 5. The van der Waals surface area contributed by atoms with Gasteiger partial charge in [0.15, 0.2) is 17.5 Å². The van der Waals surface area contributed by atoms with Crippen LogP contribution in [0.15, 0.2) is 164 Å². The second-order valence-corrected chi connectivity index (χ2v) is 14.4. The normalized spacial score (nSPS) is 12.8. The molecule has 1 aliphatic rings. The molecule has 0 saturated heterocycles.